The fraction of sp³-hybridized carbons (Fsp3) is 0.455. The van der Waals surface area contributed by atoms with Gasteiger partial charge in [0.15, 0.2) is 0 Å². The van der Waals surface area contributed by atoms with Crippen LogP contribution < -0.4 is 11.1 Å². The highest BCUT2D eigenvalue weighted by molar-refractivity contribution is 5.98. The molecule has 21 heavy (non-hydrogen) atoms. The molecule has 1 aromatic heterocycles. The van der Waals surface area contributed by atoms with Gasteiger partial charge in [0.05, 0.1) is 10.5 Å². The topological polar surface area (TPSA) is 111 Å². The lowest BCUT2D eigenvalue weighted by Crippen LogP contribution is -2.26. The molecule has 10 heteroatoms. The SMILES string of the molecule is Nc1ncc([N+](=O)[O-])cc1C(=O)NCCCCC(F)(F)F. The van der Waals surface area contributed by atoms with Crippen LogP contribution >= 0.6 is 0 Å². The lowest BCUT2D eigenvalue weighted by Gasteiger charge is -2.08. The molecule has 0 aliphatic heterocycles. The van der Waals surface area contributed by atoms with Crippen molar-refractivity contribution in [2.75, 3.05) is 12.3 Å². The first-order chi connectivity index (χ1) is 9.70. The van der Waals surface area contributed by atoms with Crippen molar-refractivity contribution in [3.8, 4) is 0 Å². The van der Waals surface area contributed by atoms with E-state index in [-0.39, 0.29) is 30.8 Å². The van der Waals surface area contributed by atoms with Crippen molar-refractivity contribution in [3.63, 3.8) is 0 Å². The van der Waals surface area contributed by atoms with Gasteiger partial charge in [-0.3, -0.25) is 14.9 Å². The molecular formula is C11H13F3N4O3. The zero-order valence-corrected chi connectivity index (χ0v) is 10.8. The highest BCUT2D eigenvalue weighted by atomic mass is 19.4. The van der Waals surface area contributed by atoms with E-state index in [0.717, 1.165) is 12.3 Å². The van der Waals surface area contributed by atoms with E-state index in [9.17, 15) is 28.1 Å². The molecule has 0 aliphatic rings. The van der Waals surface area contributed by atoms with Gasteiger partial charge in [0.25, 0.3) is 11.6 Å². The summed E-state index contributed by atoms with van der Waals surface area (Å²) < 4.78 is 35.7. The van der Waals surface area contributed by atoms with Crippen LogP contribution in [0.5, 0.6) is 0 Å². The Morgan fingerprint density at radius 1 is 1.43 bits per heavy atom. The quantitative estimate of drug-likeness (QED) is 0.474. The summed E-state index contributed by atoms with van der Waals surface area (Å²) in [6.07, 6.45) is -4.23. The van der Waals surface area contributed by atoms with Crippen LogP contribution in [0.3, 0.4) is 0 Å². The Morgan fingerprint density at radius 2 is 2.10 bits per heavy atom. The van der Waals surface area contributed by atoms with Gasteiger partial charge < -0.3 is 11.1 Å². The van der Waals surface area contributed by atoms with Gasteiger partial charge in [-0.2, -0.15) is 13.2 Å². The molecule has 0 atom stereocenters. The standard InChI is InChI=1S/C11H13F3N4O3/c12-11(13,14)3-1-2-4-16-10(19)8-5-7(18(20)21)6-17-9(8)15/h5-6H,1-4H2,(H2,15,17)(H,16,19). The summed E-state index contributed by atoms with van der Waals surface area (Å²) in [4.78, 5) is 25.1. The number of carbonyl (C=O) groups excluding carboxylic acids is 1. The first-order valence-electron chi connectivity index (χ1n) is 5.95. The van der Waals surface area contributed by atoms with Crippen LogP contribution in [0.1, 0.15) is 29.6 Å². The van der Waals surface area contributed by atoms with Gasteiger partial charge in [0.2, 0.25) is 0 Å². The van der Waals surface area contributed by atoms with Crippen LogP contribution in [-0.4, -0.2) is 28.5 Å². The Hall–Kier alpha value is -2.39. The van der Waals surface area contributed by atoms with Crippen molar-refractivity contribution >= 4 is 17.4 Å². The van der Waals surface area contributed by atoms with Crippen LogP contribution in [-0.2, 0) is 0 Å². The first kappa shape index (κ1) is 16.7. The van der Waals surface area contributed by atoms with E-state index in [4.69, 9.17) is 5.73 Å². The zero-order valence-electron chi connectivity index (χ0n) is 10.8. The Morgan fingerprint density at radius 3 is 2.67 bits per heavy atom. The second kappa shape index (κ2) is 6.86. The van der Waals surface area contributed by atoms with Gasteiger partial charge in [-0.05, 0) is 12.8 Å². The number of nitrogen functional groups attached to an aromatic ring is 1. The summed E-state index contributed by atoms with van der Waals surface area (Å²) in [7, 11) is 0. The van der Waals surface area contributed by atoms with Crippen molar-refractivity contribution < 1.29 is 22.9 Å². The molecule has 0 saturated heterocycles. The number of nitrogens with one attached hydrogen (secondary N) is 1. The molecule has 1 aromatic rings. The number of nitrogens with two attached hydrogens (primary N) is 1. The first-order valence-corrected chi connectivity index (χ1v) is 5.95. The Bertz CT molecular complexity index is 534. The lowest BCUT2D eigenvalue weighted by atomic mass is 10.2. The minimum Gasteiger partial charge on any atom is -0.383 e. The molecule has 0 aromatic carbocycles. The number of unbranched alkanes of at least 4 members (excludes halogenated alkanes) is 1. The van der Waals surface area contributed by atoms with E-state index in [1.54, 1.807) is 0 Å². The minimum absolute atomic E-state index is 0.0110. The highest BCUT2D eigenvalue weighted by Gasteiger charge is 2.25. The number of halogens is 3. The average molecular weight is 306 g/mol. The molecular weight excluding hydrogens is 293 g/mol. The summed E-state index contributed by atoms with van der Waals surface area (Å²) in [5.41, 5.74) is 4.86. The maximum atomic E-state index is 11.9. The molecule has 1 rings (SSSR count). The number of hydrogen-bond donors (Lipinski definition) is 2. The van der Waals surface area contributed by atoms with Crippen molar-refractivity contribution in [1.29, 1.82) is 0 Å². The van der Waals surface area contributed by atoms with Crippen LogP contribution in [0.15, 0.2) is 12.3 Å². The number of alkyl halides is 3. The van der Waals surface area contributed by atoms with Crippen molar-refractivity contribution in [2.45, 2.75) is 25.4 Å². The smallest absolute Gasteiger partial charge is 0.383 e. The second-order valence-electron chi connectivity index (χ2n) is 4.21. The van der Waals surface area contributed by atoms with Crippen molar-refractivity contribution in [3.05, 3.63) is 27.9 Å². The average Bonchev–Trinajstić information content (AvgIpc) is 2.36. The number of nitrogens with zero attached hydrogens (tertiary/aromatic N) is 2. The summed E-state index contributed by atoms with van der Waals surface area (Å²) in [5, 5.41) is 12.9. The maximum Gasteiger partial charge on any atom is 0.389 e. The normalized spacial score (nSPS) is 11.2. The Kier molecular flexibility index (Phi) is 5.44. The zero-order chi connectivity index (χ0) is 16.0. The molecule has 1 heterocycles. The van der Waals surface area contributed by atoms with Crippen LogP contribution in [0, 0.1) is 10.1 Å². The van der Waals surface area contributed by atoms with Gasteiger partial charge in [-0.1, -0.05) is 0 Å². The number of rotatable bonds is 6. The molecule has 0 radical (unpaired) electrons. The predicted octanol–water partition coefficient (Wildman–Crippen LogP) is 2.03. The molecule has 0 spiro atoms. The van der Waals surface area contributed by atoms with E-state index in [1.807, 2.05) is 0 Å². The number of amides is 1. The Balaban J connectivity index is 2.52. The van der Waals surface area contributed by atoms with Crippen LogP contribution in [0.4, 0.5) is 24.7 Å². The molecule has 116 valence electrons. The molecule has 0 aliphatic carbocycles. The van der Waals surface area contributed by atoms with Gasteiger partial charge in [-0.15, -0.1) is 0 Å². The number of anilines is 1. The number of nitro groups is 1. The van der Waals surface area contributed by atoms with Crippen LogP contribution in [0.2, 0.25) is 0 Å². The fourth-order valence-electron chi connectivity index (χ4n) is 1.49. The third-order valence-corrected chi connectivity index (χ3v) is 2.53. The minimum atomic E-state index is -4.22. The third kappa shape index (κ3) is 5.63. The fourth-order valence-corrected chi connectivity index (χ4v) is 1.49. The van der Waals surface area contributed by atoms with E-state index in [1.165, 1.54) is 0 Å². The lowest BCUT2D eigenvalue weighted by molar-refractivity contribution is -0.385. The van der Waals surface area contributed by atoms with E-state index < -0.39 is 29.1 Å². The highest BCUT2D eigenvalue weighted by Crippen LogP contribution is 2.22. The van der Waals surface area contributed by atoms with Gasteiger partial charge in [0, 0.05) is 19.0 Å². The van der Waals surface area contributed by atoms with Crippen molar-refractivity contribution in [2.24, 2.45) is 0 Å². The number of aromatic nitrogens is 1. The largest absolute Gasteiger partial charge is 0.389 e. The molecule has 0 fully saturated rings. The monoisotopic (exact) mass is 306 g/mol. The van der Waals surface area contributed by atoms with Crippen LogP contribution in [0.25, 0.3) is 0 Å². The number of hydrogen-bond acceptors (Lipinski definition) is 5. The Labute approximate surface area is 117 Å². The van der Waals surface area contributed by atoms with Gasteiger partial charge in [-0.25, -0.2) is 4.98 Å². The molecule has 0 saturated carbocycles. The summed E-state index contributed by atoms with van der Waals surface area (Å²) in [6, 6.07) is 0.966. The van der Waals surface area contributed by atoms with E-state index in [2.05, 4.69) is 10.3 Å². The molecule has 3 N–H and O–H groups in total. The molecule has 7 nitrogen and oxygen atoms in total. The van der Waals surface area contributed by atoms with Gasteiger partial charge in [0.1, 0.15) is 12.0 Å². The molecule has 1 amide bonds. The van der Waals surface area contributed by atoms with E-state index in [0.29, 0.717) is 0 Å². The molecule has 0 unspecified atom stereocenters. The number of carbonyl (C=O) groups is 1. The predicted molar refractivity (Wildman–Crippen MR) is 67.5 cm³/mol. The van der Waals surface area contributed by atoms with Gasteiger partial charge >= 0.3 is 6.18 Å². The van der Waals surface area contributed by atoms with E-state index >= 15 is 0 Å². The summed E-state index contributed by atoms with van der Waals surface area (Å²) >= 11 is 0. The molecule has 0 bridgehead atoms. The third-order valence-electron chi connectivity index (χ3n) is 2.53. The van der Waals surface area contributed by atoms with Crippen molar-refractivity contribution in [1.82, 2.24) is 10.3 Å². The second-order valence-corrected chi connectivity index (χ2v) is 4.21. The number of pyridine rings is 1. The maximum absolute atomic E-state index is 11.9. The summed E-state index contributed by atoms with van der Waals surface area (Å²) in [5.74, 6) is -0.899. The summed E-state index contributed by atoms with van der Waals surface area (Å²) in [6.45, 7) is 0.0110.